The maximum atomic E-state index is 11.8. The number of unbranched alkanes of at least 4 members (excludes halogenated alkanes) is 1. The summed E-state index contributed by atoms with van der Waals surface area (Å²) in [5.74, 6) is -0.493. The molecule has 0 aromatic carbocycles. The Hall–Kier alpha value is -1.95. The van der Waals surface area contributed by atoms with Gasteiger partial charge in [0.2, 0.25) is 0 Å². The number of alkyl carbamates (subject to hydrolysis) is 1. The summed E-state index contributed by atoms with van der Waals surface area (Å²) in [6.07, 6.45) is 1.00. The number of carbonyl (C=O) groups excluding carboxylic acids is 2. The van der Waals surface area contributed by atoms with Crippen LogP contribution in [0, 0.1) is 0 Å². The van der Waals surface area contributed by atoms with Gasteiger partial charge in [0.1, 0.15) is 11.6 Å². The van der Waals surface area contributed by atoms with Crippen LogP contribution in [0.2, 0.25) is 0 Å². The van der Waals surface area contributed by atoms with E-state index in [2.05, 4.69) is 15.3 Å². The van der Waals surface area contributed by atoms with Gasteiger partial charge in [-0.15, -0.1) is 0 Å². The average Bonchev–Trinajstić information content (AvgIpc) is 2.35. The molecule has 0 aliphatic carbocycles. The van der Waals surface area contributed by atoms with Gasteiger partial charge in [-0.25, -0.2) is 9.59 Å². The summed E-state index contributed by atoms with van der Waals surface area (Å²) >= 11 is 0. The Balaban J connectivity index is 4.41. The van der Waals surface area contributed by atoms with Crippen LogP contribution in [0.3, 0.4) is 0 Å². The molecule has 8 heteroatoms. The molecule has 0 bridgehead atoms. The Morgan fingerprint density at radius 1 is 1.33 bits per heavy atom. The number of rotatable bonds is 8. The predicted octanol–water partition coefficient (Wildman–Crippen LogP) is 2.92. The summed E-state index contributed by atoms with van der Waals surface area (Å²) in [5.41, 5.74) is 7.54. The number of amides is 1. The lowest BCUT2D eigenvalue weighted by atomic mass is 10.1. The highest BCUT2D eigenvalue weighted by Crippen LogP contribution is 2.09. The van der Waals surface area contributed by atoms with Crippen LogP contribution in [0.15, 0.2) is 5.11 Å². The van der Waals surface area contributed by atoms with E-state index in [0.717, 1.165) is 0 Å². The van der Waals surface area contributed by atoms with E-state index in [1.54, 1.807) is 27.7 Å². The monoisotopic (exact) mass is 300 g/mol. The number of esters is 1. The molecule has 0 saturated carbocycles. The molecule has 8 nitrogen and oxygen atoms in total. The van der Waals surface area contributed by atoms with Crippen molar-refractivity contribution in [3.63, 3.8) is 0 Å². The summed E-state index contributed by atoms with van der Waals surface area (Å²) in [6, 6.07) is -0.758. The number of nitrogens with one attached hydrogen (secondary N) is 1. The number of nitrogens with zero attached hydrogens (tertiary/aromatic N) is 3. The highest BCUT2D eigenvalue weighted by atomic mass is 16.6. The minimum absolute atomic E-state index is 0.240. The van der Waals surface area contributed by atoms with Gasteiger partial charge in [-0.05, 0) is 46.1 Å². The molecule has 0 aliphatic rings. The van der Waals surface area contributed by atoms with Crippen molar-refractivity contribution in [1.82, 2.24) is 5.32 Å². The molecule has 0 fully saturated rings. The molecule has 0 radical (unpaired) electrons. The molecule has 1 amide bonds. The maximum Gasteiger partial charge on any atom is 0.408 e. The van der Waals surface area contributed by atoms with E-state index < -0.39 is 23.7 Å². The standard InChI is InChI=1S/C13H24N4O4/c1-5-20-11(18)10(8-6-7-9-15-17-14)16-12(19)21-13(2,3)4/h10H,5-9H2,1-4H3,(H,16,19)/t10-/m0/s1. The lowest BCUT2D eigenvalue weighted by Crippen LogP contribution is -2.44. The third-order valence-corrected chi connectivity index (χ3v) is 2.33. The van der Waals surface area contributed by atoms with Gasteiger partial charge in [-0.3, -0.25) is 0 Å². The van der Waals surface area contributed by atoms with Crippen LogP contribution in [-0.4, -0.2) is 36.9 Å². The third kappa shape index (κ3) is 10.5. The maximum absolute atomic E-state index is 11.8. The Morgan fingerprint density at radius 3 is 2.52 bits per heavy atom. The molecule has 0 heterocycles. The van der Waals surface area contributed by atoms with Crippen LogP contribution in [0.4, 0.5) is 4.79 Å². The van der Waals surface area contributed by atoms with E-state index in [4.69, 9.17) is 15.0 Å². The Labute approximate surface area is 124 Å². The lowest BCUT2D eigenvalue weighted by molar-refractivity contribution is -0.145. The zero-order chi connectivity index (χ0) is 16.3. The third-order valence-electron chi connectivity index (χ3n) is 2.33. The van der Waals surface area contributed by atoms with Crippen molar-refractivity contribution in [3.05, 3.63) is 10.4 Å². The molecule has 0 spiro atoms. The van der Waals surface area contributed by atoms with Crippen LogP contribution in [0.5, 0.6) is 0 Å². The summed E-state index contributed by atoms with van der Waals surface area (Å²) in [7, 11) is 0. The van der Waals surface area contributed by atoms with E-state index in [9.17, 15) is 9.59 Å². The van der Waals surface area contributed by atoms with E-state index in [0.29, 0.717) is 25.8 Å². The highest BCUT2D eigenvalue weighted by Gasteiger charge is 2.24. The second kappa shape index (κ2) is 9.88. The van der Waals surface area contributed by atoms with E-state index in [1.165, 1.54) is 0 Å². The molecule has 0 unspecified atom stereocenters. The van der Waals surface area contributed by atoms with Crippen molar-refractivity contribution in [2.75, 3.05) is 13.2 Å². The second-order valence-electron chi connectivity index (χ2n) is 5.40. The topological polar surface area (TPSA) is 113 Å². The van der Waals surface area contributed by atoms with Gasteiger partial charge >= 0.3 is 12.1 Å². The van der Waals surface area contributed by atoms with E-state index in [1.807, 2.05) is 0 Å². The van der Waals surface area contributed by atoms with E-state index >= 15 is 0 Å². The molecule has 1 N–H and O–H groups in total. The van der Waals surface area contributed by atoms with Crippen LogP contribution >= 0.6 is 0 Å². The summed E-state index contributed by atoms with van der Waals surface area (Å²) in [5, 5.41) is 5.92. The largest absolute Gasteiger partial charge is 0.464 e. The highest BCUT2D eigenvalue weighted by molar-refractivity contribution is 5.81. The second-order valence-corrected chi connectivity index (χ2v) is 5.40. The quantitative estimate of drug-likeness (QED) is 0.244. The fourth-order valence-electron chi connectivity index (χ4n) is 1.52. The molecule has 0 aromatic heterocycles. The van der Waals surface area contributed by atoms with Crippen molar-refractivity contribution in [3.8, 4) is 0 Å². The predicted molar refractivity (Wildman–Crippen MR) is 77.7 cm³/mol. The van der Waals surface area contributed by atoms with Gasteiger partial charge in [-0.1, -0.05) is 11.5 Å². The number of hydrogen-bond donors (Lipinski definition) is 1. The van der Waals surface area contributed by atoms with Gasteiger partial charge in [0, 0.05) is 11.5 Å². The fraction of sp³-hybridized carbons (Fsp3) is 0.846. The Kier molecular flexibility index (Phi) is 8.96. The van der Waals surface area contributed by atoms with Crippen LogP contribution in [0.1, 0.15) is 47.0 Å². The fourth-order valence-corrected chi connectivity index (χ4v) is 1.52. The van der Waals surface area contributed by atoms with Gasteiger partial charge in [0.05, 0.1) is 6.61 Å². The number of hydrogen-bond acceptors (Lipinski definition) is 5. The van der Waals surface area contributed by atoms with Gasteiger partial charge < -0.3 is 14.8 Å². The molecular weight excluding hydrogens is 276 g/mol. The molecule has 120 valence electrons. The zero-order valence-electron chi connectivity index (χ0n) is 13.1. The summed E-state index contributed by atoms with van der Waals surface area (Å²) in [4.78, 5) is 26.1. The minimum Gasteiger partial charge on any atom is -0.464 e. The van der Waals surface area contributed by atoms with Gasteiger partial charge in [0.25, 0.3) is 0 Å². The van der Waals surface area contributed by atoms with E-state index in [-0.39, 0.29) is 6.61 Å². The van der Waals surface area contributed by atoms with Crippen LogP contribution in [-0.2, 0) is 14.3 Å². The SMILES string of the molecule is CCOC(=O)[C@H](CCCCN=[N+]=[N-])NC(=O)OC(C)(C)C. The van der Waals surface area contributed by atoms with Crippen molar-refractivity contribution in [2.24, 2.45) is 5.11 Å². The summed E-state index contributed by atoms with van der Waals surface area (Å²) in [6.45, 7) is 7.52. The van der Waals surface area contributed by atoms with Gasteiger partial charge in [0.15, 0.2) is 0 Å². The smallest absolute Gasteiger partial charge is 0.408 e. The normalized spacial score (nSPS) is 12.0. The number of ether oxygens (including phenoxy) is 2. The zero-order valence-corrected chi connectivity index (χ0v) is 13.1. The first-order valence-electron chi connectivity index (χ1n) is 6.97. The average molecular weight is 300 g/mol. The van der Waals surface area contributed by atoms with Crippen LogP contribution in [0.25, 0.3) is 10.4 Å². The molecule has 0 aliphatic heterocycles. The first-order chi connectivity index (χ1) is 9.80. The molecule has 0 rings (SSSR count). The first kappa shape index (κ1) is 19.1. The Morgan fingerprint density at radius 2 is 2.00 bits per heavy atom. The number of carbonyl (C=O) groups is 2. The summed E-state index contributed by atoms with van der Waals surface area (Å²) < 4.78 is 10.0. The van der Waals surface area contributed by atoms with Gasteiger partial charge in [-0.2, -0.15) is 0 Å². The van der Waals surface area contributed by atoms with Crippen molar-refractivity contribution < 1.29 is 19.1 Å². The lowest BCUT2D eigenvalue weighted by Gasteiger charge is -2.22. The molecule has 0 saturated heterocycles. The number of azide groups is 1. The molecule has 1 atom stereocenters. The molecule has 0 aromatic rings. The van der Waals surface area contributed by atoms with Crippen molar-refractivity contribution in [2.45, 2.75) is 58.6 Å². The molecule has 21 heavy (non-hydrogen) atoms. The first-order valence-corrected chi connectivity index (χ1v) is 6.97. The minimum atomic E-state index is -0.758. The molecular formula is C13H24N4O4. The van der Waals surface area contributed by atoms with Crippen molar-refractivity contribution in [1.29, 1.82) is 0 Å². The Bertz CT molecular complexity index is 386. The van der Waals surface area contributed by atoms with Crippen LogP contribution < -0.4 is 5.32 Å². The van der Waals surface area contributed by atoms with Crippen molar-refractivity contribution >= 4 is 12.1 Å².